The normalized spacial score (nSPS) is 12.6. The monoisotopic (exact) mass is 217 g/mol. The Morgan fingerprint density at radius 1 is 1.47 bits per heavy atom. The molecule has 5 heteroatoms. The lowest BCUT2D eigenvalue weighted by molar-refractivity contribution is 0.233. The Morgan fingerprint density at radius 2 is 2.13 bits per heavy atom. The van der Waals surface area contributed by atoms with Crippen molar-refractivity contribution in [1.29, 1.82) is 0 Å². The third-order valence-corrected chi connectivity index (χ3v) is 2.01. The van der Waals surface area contributed by atoms with E-state index in [1.54, 1.807) is 0 Å². The van der Waals surface area contributed by atoms with Crippen LogP contribution in [0.1, 0.15) is 19.8 Å². The summed E-state index contributed by atoms with van der Waals surface area (Å²) in [7, 11) is 4.02. The molecule has 0 aromatic rings. The largest absolute Gasteiger partial charge is 0.396 e. The Kier molecular flexibility index (Phi) is 8.04. The molecule has 0 aliphatic heterocycles. The van der Waals surface area contributed by atoms with E-state index in [2.05, 4.69) is 15.5 Å². The summed E-state index contributed by atoms with van der Waals surface area (Å²) in [6.45, 7) is 3.56. The highest BCUT2D eigenvalue weighted by Crippen LogP contribution is 1.91. The zero-order valence-electron chi connectivity index (χ0n) is 9.92. The van der Waals surface area contributed by atoms with Gasteiger partial charge in [0.15, 0.2) is 0 Å². The van der Waals surface area contributed by atoms with Gasteiger partial charge in [0.25, 0.3) is 0 Å². The molecule has 0 aliphatic carbocycles. The van der Waals surface area contributed by atoms with Gasteiger partial charge in [0, 0.05) is 19.2 Å². The minimum Gasteiger partial charge on any atom is -0.396 e. The number of carbonyl (C=O) groups excluding carboxylic acids is 1. The van der Waals surface area contributed by atoms with E-state index in [4.69, 9.17) is 5.11 Å². The van der Waals surface area contributed by atoms with Crippen LogP contribution in [-0.4, -0.2) is 55.9 Å². The Labute approximate surface area is 91.8 Å². The van der Waals surface area contributed by atoms with Crippen molar-refractivity contribution in [1.82, 2.24) is 15.5 Å². The quantitative estimate of drug-likeness (QED) is 0.526. The van der Waals surface area contributed by atoms with E-state index in [-0.39, 0.29) is 18.7 Å². The fourth-order valence-electron chi connectivity index (χ4n) is 1.08. The van der Waals surface area contributed by atoms with E-state index in [1.807, 2.05) is 21.0 Å². The van der Waals surface area contributed by atoms with Crippen LogP contribution in [0.2, 0.25) is 0 Å². The van der Waals surface area contributed by atoms with Gasteiger partial charge in [0.05, 0.1) is 0 Å². The van der Waals surface area contributed by atoms with Crippen LogP contribution in [0.15, 0.2) is 0 Å². The van der Waals surface area contributed by atoms with Gasteiger partial charge < -0.3 is 20.6 Å². The van der Waals surface area contributed by atoms with Crippen LogP contribution in [-0.2, 0) is 0 Å². The first-order valence-electron chi connectivity index (χ1n) is 5.36. The van der Waals surface area contributed by atoms with E-state index >= 15 is 0 Å². The molecule has 0 saturated carbocycles. The van der Waals surface area contributed by atoms with Crippen molar-refractivity contribution in [3.63, 3.8) is 0 Å². The molecular formula is C10H23N3O2. The second kappa shape index (κ2) is 8.49. The van der Waals surface area contributed by atoms with Crippen LogP contribution < -0.4 is 10.6 Å². The van der Waals surface area contributed by atoms with Crippen LogP contribution in [0, 0.1) is 0 Å². The van der Waals surface area contributed by atoms with Gasteiger partial charge in [-0.15, -0.1) is 0 Å². The third kappa shape index (κ3) is 9.49. The Hall–Kier alpha value is -0.810. The molecule has 2 amide bonds. The molecular weight excluding hydrogens is 194 g/mol. The average molecular weight is 217 g/mol. The Morgan fingerprint density at radius 3 is 2.67 bits per heavy atom. The van der Waals surface area contributed by atoms with Crippen LogP contribution in [0.25, 0.3) is 0 Å². The highest BCUT2D eigenvalue weighted by Gasteiger charge is 2.06. The average Bonchev–Trinajstić information content (AvgIpc) is 2.15. The second-order valence-electron chi connectivity index (χ2n) is 3.97. The summed E-state index contributed by atoms with van der Waals surface area (Å²) in [5.74, 6) is 0. The highest BCUT2D eigenvalue weighted by atomic mass is 16.3. The molecule has 1 unspecified atom stereocenters. The van der Waals surface area contributed by atoms with Gasteiger partial charge in [-0.3, -0.25) is 0 Å². The summed E-state index contributed by atoms with van der Waals surface area (Å²) in [6, 6.07) is 0.0104. The summed E-state index contributed by atoms with van der Waals surface area (Å²) in [6.07, 6.45) is 1.53. The number of urea groups is 1. The maximum Gasteiger partial charge on any atom is 0.314 e. The summed E-state index contributed by atoms with van der Waals surface area (Å²) < 4.78 is 0. The zero-order valence-corrected chi connectivity index (χ0v) is 9.92. The number of hydrogen-bond acceptors (Lipinski definition) is 3. The second-order valence-corrected chi connectivity index (χ2v) is 3.97. The van der Waals surface area contributed by atoms with Crippen molar-refractivity contribution in [2.45, 2.75) is 25.8 Å². The minimum atomic E-state index is -0.158. The standard InChI is InChI=1S/C10H23N3O2/c1-9(5-7-13(2)3)12-10(15)11-6-4-8-14/h9,14H,4-8H2,1-3H3,(H2,11,12,15). The molecule has 0 bridgehead atoms. The van der Waals surface area contributed by atoms with Crippen LogP contribution in [0.3, 0.4) is 0 Å². The van der Waals surface area contributed by atoms with Crippen LogP contribution >= 0.6 is 0 Å². The fourth-order valence-corrected chi connectivity index (χ4v) is 1.08. The van der Waals surface area contributed by atoms with E-state index in [0.717, 1.165) is 13.0 Å². The van der Waals surface area contributed by atoms with Crippen molar-refractivity contribution in [3.05, 3.63) is 0 Å². The first kappa shape index (κ1) is 14.2. The number of rotatable bonds is 7. The van der Waals surface area contributed by atoms with Crippen LogP contribution in [0.4, 0.5) is 4.79 Å². The molecule has 0 saturated heterocycles. The van der Waals surface area contributed by atoms with Crippen molar-refractivity contribution >= 4 is 6.03 Å². The summed E-state index contributed by atoms with van der Waals surface area (Å²) >= 11 is 0. The number of amides is 2. The van der Waals surface area contributed by atoms with Gasteiger partial charge in [-0.25, -0.2) is 4.79 Å². The molecule has 3 N–H and O–H groups in total. The number of hydrogen-bond donors (Lipinski definition) is 3. The summed E-state index contributed by atoms with van der Waals surface area (Å²) in [5.41, 5.74) is 0. The first-order chi connectivity index (χ1) is 7.06. The predicted molar refractivity (Wildman–Crippen MR) is 60.9 cm³/mol. The molecule has 1 atom stereocenters. The minimum absolute atomic E-state index is 0.108. The molecule has 15 heavy (non-hydrogen) atoms. The topological polar surface area (TPSA) is 64.6 Å². The van der Waals surface area contributed by atoms with Crippen molar-refractivity contribution in [3.8, 4) is 0 Å². The van der Waals surface area contributed by atoms with Gasteiger partial charge >= 0.3 is 6.03 Å². The Balaban J connectivity index is 3.49. The smallest absolute Gasteiger partial charge is 0.314 e. The molecule has 5 nitrogen and oxygen atoms in total. The van der Waals surface area contributed by atoms with Gasteiger partial charge in [0.2, 0.25) is 0 Å². The molecule has 0 aliphatic rings. The molecule has 0 rings (SSSR count). The van der Waals surface area contributed by atoms with Gasteiger partial charge in [-0.2, -0.15) is 0 Å². The molecule has 0 aromatic heterocycles. The van der Waals surface area contributed by atoms with Crippen LogP contribution in [0.5, 0.6) is 0 Å². The summed E-state index contributed by atoms with van der Waals surface area (Å²) in [5, 5.41) is 14.0. The number of aliphatic hydroxyl groups excluding tert-OH is 1. The van der Waals surface area contributed by atoms with Crippen molar-refractivity contribution < 1.29 is 9.90 Å². The lowest BCUT2D eigenvalue weighted by Gasteiger charge is -2.16. The Bertz CT molecular complexity index is 174. The summed E-state index contributed by atoms with van der Waals surface area (Å²) in [4.78, 5) is 13.3. The predicted octanol–water partition coefficient (Wildman–Crippen LogP) is 0.00820. The SMILES string of the molecule is CC(CCN(C)C)NC(=O)NCCCO. The lowest BCUT2D eigenvalue weighted by atomic mass is 10.2. The van der Waals surface area contributed by atoms with Gasteiger partial charge in [0.1, 0.15) is 0 Å². The zero-order chi connectivity index (χ0) is 11.7. The number of nitrogens with zero attached hydrogens (tertiary/aromatic N) is 1. The van der Waals surface area contributed by atoms with Gasteiger partial charge in [-0.1, -0.05) is 0 Å². The molecule has 0 aromatic carbocycles. The molecule has 0 spiro atoms. The number of nitrogens with one attached hydrogen (secondary N) is 2. The number of aliphatic hydroxyl groups is 1. The van der Waals surface area contributed by atoms with Gasteiger partial charge in [-0.05, 0) is 40.4 Å². The van der Waals surface area contributed by atoms with E-state index in [0.29, 0.717) is 13.0 Å². The number of carbonyl (C=O) groups is 1. The molecule has 0 heterocycles. The van der Waals surface area contributed by atoms with E-state index in [1.165, 1.54) is 0 Å². The lowest BCUT2D eigenvalue weighted by Crippen LogP contribution is -2.42. The fraction of sp³-hybridized carbons (Fsp3) is 0.900. The van der Waals surface area contributed by atoms with Crippen molar-refractivity contribution in [2.75, 3.05) is 33.8 Å². The maximum absolute atomic E-state index is 11.3. The maximum atomic E-state index is 11.3. The molecule has 90 valence electrons. The first-order valence-corrected chi connectivity index (χ1v) is 5.36. The highest BCUT2D eigenvalue weighted by molar-refractivity contribution is 5.74. The van der Waals surface area contributed by atoms with E-state index in [9.17, 15) is 4.79 Å². The molecule has 0 radical (unpaired) electrons. The van der Waals surface area contributed by atoms with Crippen molar-refractivity contribution in [2.24, 2.45) is 0 Å². The molecule has 0 fully saturated rings. The van der Waals surface area contributed by atoms with E-state index < -0.39 is 0 Å². The third-order valence-electron chi connectivity index (χ3n) is 2.01.